The van der Waals surface area contributed by atoms with Crippen molar-refractivity contribution < 1.29 is 28.3 Å². The first-order valence-corrected chi connectivity index (χ1v) is 5.84. The van der Waals surface area contributed by atoms with Gasteiger partial charge in [0.05, 0.1) is 5.69 Å². The van der Waals surface area contributed by atoms with Crippen LogP contribution in [-0.2, 0) is 9.59 Å². The molecule has 1 aromatic carbocycles. The van der Waals surface area contributed by atoms with E-state index in [1.165, 1.54) is 6.07 Å². The van der Waals surface area contributed by atoms with Crippen molar-refractivity contribution in [2.45, 2.75) is 18.9 Å². The highest BCUT2D eigenvalue weighted by Crippen LogP contribution is 2.16. The van der Waals surface area contributed by atoms with E-state index in [1.807, 2.05) is 10.6 Å². The van der Waals surface area contributed by atoms with Crippen LogP contribution in [0.2, 0.25) is 0 Å². The van der Waals surface area contributed by atoms with Crippen LogP contribution in [0.3, 0.4) is 0 Å². The first-order valence-electron chi connectivity index (χ1n) is 5.84. The molecule has 0 saturated carbocycles. The highest BCUT2D eigenvalue weighted by molar-refractivity contribution is 5.92. The molecule has 7 nitrogen and oxygen atoms in total. The first kappa shape index (κ1) is 16.3. The number of anilines is 1. The maximum absolute atomic E-state index is 13.3. The molecule has 0 aliphatic heterocycles. The van der Waals surface area contributed by atoms with E-state index in [4.69, 9.17) is 10.8 Å². The Bertz CT molecular complexity index is 565. The Labute approximate surface area is 118 Å². The monoisotopic (exact) mass is 301 g/mol. The van der Waals surface area contributed by atoms with Crippen molar-refractivity contribution in [1.82, 2.24) is 5.32 Å². The molecule has 0 bridgehead atoms. The molecule has 114 valence electrons. The molecule has 0 aliphatic rings. The summed E-state index contributed by atoms with van der Waals surface area (Å²) in [5, 5.41) is 12.9. The molecule has 1 atom stereocenters. The maximum Gasteiger partial charge on any atom is 0.326 e. The smallest absolute Gasteiger partial charge is 0.326 e. The zero-order valence-electron chi connectivity index (χ0n) is 10.7. The lowest BCUT2D eigenvalue weighted by atomic mass is 10.1. The molecule has 3 amide bonds. The second kappa shape index (κ2) is 7.17. The van der Waals surface area contributed by atoms with E-state index < -0.39 is 41.3 Å². The average Bonchev–Trinajstić information content (AvgIpc) is 2.39. The highest BCUT2D eigenvalue weighted by Gasteiger charge is 2.21. The molecule has 0 spiro atoms. The number of carboxylic acids is 1. The minimum absolute atomic E-state index is 0.219. The number of primary amides is 1. The second-order valence-electron chi connectivity index (χ2n) is 4.10. The standard InChI is InChI=1S/C12H13F2N3O4/c13-6-2-1-3-7(10(6)14)16-12(21)17-8(11(19)20)4-5-9(15)18/h1-3,8H,4-5H2,(H2,15,18)(H,19,20)(H2,16,17,21)/t8-/m1/s1. The van der Waals surface area contributed by atoms with Crippen molar-refractivity contribution >= 4 is 23.6 Å². The molecule has 0 radical (unpaired) electrons. The predicted octanol–water partition coefficient (Wildman–Crippen LogP) is 0.805. The Balaban J connectivity index is 2.67. The number of hydrogen-bond acceptors (Lipinski definition) is 3. The fourth-order valence-corrected chi connectivity index (χ4v) is 1.46. The molecule has 5 N–H and O–H groups in total. The summed E-state index contributed by atoms with van der Waals surface area (Å²) in [7, 11) is 0. The molecule has 1 rings (SSSR count). The number of hydrogen-bond donors (Lipinski definition) is 4. The number of benzene rings is 1. The number of carboxylic acid groups (broad SMARTS) is 1. The zero-order valence-corrected chi connectivity index (χ0v) is 10.7. The molecule has 21 heavy (non-hydrogen) atoms. The number of amides is 3. The van der Waals surface area contributed by atoms with Gasteiger partial charge in [-0.15, -0.1) is 0 Å². The molecule has 0 unspecified atom stereocenters. The van der Waals surface area contributed by atoms with Gasteiger partial charge in [0.15, 0.2) is 11.6 Å². The minimum Gasteiger partial charge on any atom is -0.480 e. The van der Waals surface area contributed by atoms with Crippen LogP contribution >= 0.6 is 0 Å². The van der Waals surface area contributed by atoms with Gasteiger partial charge in [0.1, 0.15) is 6.04 Å². The minimum atomic E-state index is -1.38. The SMILES string of the molecule is NC(=O)CC[C@@H](NC(=O)Nc1cccc(F)c1F)C(=O)O. The molecule has 0 aromatic heterocycles. The molecular weight excluding hydrogens is 288 g/mol. The van der Waals surface area contributed by atoms with E-state index in [0.29, 0.717) is 0 Å². The van der Waals surface area contributed by atoms with Crippen LogP contribution in [0.25, 0.3) is 0 Å². The van der Waals surface area contributed by atoms with Crippen molar-refractivity contribution in [3.63, 3.8) is 0 Å². The molecular formula is C12H13F2N3O4. The van der Waals surface area contributed by atoms with Crippen LogP contribution in [-0.4, -0.2) is 29.1 Å². The van der Waals surface area contributed by atoms with Crippen LogP contribution in [0.5, 0.6) is 0 Å². The van der Waals surface area contributed by atoms with E-state index in [0.717, 1.165) is 12.1 Å². The summed E-state index contributed by atoms with van der Waals surface area (Å²) in [6.45, 7) is 0. The molecule has 1 aromatic rings. The summed E-state index contributed by atoms with van der Waals surface area (Å²) in [6, 6.07) is 0.726. The highest BCUT2D eigenvalue weighted by atomic mass is 19.2. The number of nitrogens with one attached hydrogen (secondary N) is 2. The lowest BCUT2D eigenvalue weighted by Crippen LogP contribution is -2.43. The first-order chi connectivity index (χ1) is 9.81. The lowest BCUT2D eigenvalue weighted by molar-refractivity contribution is -0.139. The van der Waals surface area contributed by atoms with Crippen molar-refractivity contribution in [2.24, 2.45) is 5.73 Å². The second-order valence-corrected chi connectivity index (χ2v) is 4.10. The van der Waals surface area contributed by atoms with Gasteiger partial charge in [0, 0.05) is 6.42 Å². The van der Waals surface area contributed by atoms with Crippen LogP contribution in [0, 0.1) is 11.6 Å². The van der Waals surface area contributed by atoms with Crippen LogP contribution < -0.4 is 16.4 Å². The summed E-state index contributed by atoms with van der Waals surface area (Å²) in [5.74, 6) is -4.53. The Hall–Kier alpha value is -2.71. The number of nitrogens with two attached hydrogens (primary N) is 1. The lowest BCUT2D eigenvalue weighted by Gasteiger charge is -2.14. The van der Waals surface area contributed by atoms with E-state index in [9.17, 15) is 23.2 Å². The van der Waals surface area contributed by atoms with Gasteiger partial charge in [-0.05, 0) is 18.6 Å². The van der Waals surface area contributed by atoms with Crippen LogP contribution in [0.4, 0.5) is 19.3 Å². The number of carbonyl (C=O) groups is 3. The average molecular weight is 301 g/mol. The normalized spacial score (nSPS) is 11.5. The Morgan fingerprint density at radius 3 is 2.52 bits per heavy atom. The Morgan fingerprint density at radius 1 is 1.29 bits per heavy atom. The van der Waals surface area contributed by atoms with E-state index in [2.05, 4.69) is 0 Å². The Kier molecular flexibility index (Phi) is 5.58. The number of carbonyl (C=O) groups excluding carboxylic acids is 2. The third-order valence-corrected chi connectivity index (χ3v) is 2.48. The predicted molar refractivity (Wildman–Crippen MR) is 68.4 cm³/mol. The third kappa shape index (κ3) is 5.05. The third-order valence-electron chi connectivity index (χ3n) is 2.48. The Morgan fingerprint density at radius 2 is 1.95 bits per heavy atom. The number of aliphatic carboxylic acids is 1. The molecule has 0 heterocycles. The topological polar surface area (TPSA) is 122 Å². The van der Waals surface area contributed by atoms with Crippen molar-refractivity contribution in [2.75, 3.05) is 5.32 Å². The van der Waals surface area contributed by atoms with Gasteiger partial charge in [0.2, 0.25) is 5.91 Å². The van der Waals surface area contributed by atoms with Gasteiger partial charge in [-0.3, -0.25) is 4.79 Å². The summed E-state index contributed by atoms with van der Waals surface area (Å²) in [5.41, 5.74) is 4.44. The number of urea groups is 1. The molecule has 0 saturated heterocycles. The number of halogens is 2. The fourth-order valence-electron chi connectivity index (χ4n) is 1.46. The van der Waals surface area contributed by atoms with Gasteiger partial charge in [-0.25, -0.2) is 18.4 Å². The van der Waals surface area contributed by atoms with E-state index in [-0.39, 0.29) is 12.8 Å². The van der Waals surface area contributed by atoms with Gasteiger partial charge in [-0.1, -0.05) is 6.07 Å². The fraction of sp³-hybridized carbons (Fsp3) is 0.250. The van der Waals surface area contributed by atoms with Gasteiger partial charge in [-0.2, -0.15) is 0 Å². The maximum atomic E-state index is 13.3. The van der Waals surface area contributed by atoms with E-state index >= 15 is 0 Å². The van der Waals surface area contributed by atoms with Crippen LogP contribution in [0.1, 0.15) is 12.8 Å². The largest absolute Gasteiger partial charge is 0.480 e. The molecule has 0 fully saturated rings. The van der Waals surface area contributed by atoms with E-state index in [1.54, 1.807) is 0 Å². The van der Waals surface area contributed by atoms with Crippen LogP contribution in [0.15, 0.2) is 18.2 Å². The van der Waals surface area contributed by atoms with Gasteiger partial charge >= 0.3 is 12.0 Å². The molecule has 9 heteroatoms. The van der Waals surface area contributed by atoms with Crippen molar-refractivity contribution in [3.05, 3.63) is 29.8 Å². The molecule has 0 aliphatic carbocycles. The summed E-state index contributed by atoms with van der Waals surface area (Å²) < 4.78 is 26.3. The van der Waals surface area contributed by atoms with Gasteiger partial charge in [0.25, 0.3) is 0 Å². The van der Waals surface area contributed by atoms with Gasteiger partial charge < -0.3 is 21.5 Å². The summed E-state index contributed by atoms with van der Waals surface area (Å²) in [4.78, 5) is 33.0. The summed E-state index contributed by atoms with van der Waals surface area (Å²) >= 11 is 0. The van der Waals surface area contributed by atoms with Crippen molar-refractivity contribution in [3.8, 4) is 0 Å². The van der Waals surface area contributed by atoms with Crippen molar-refractivity contribution in [1.29, 1.82) is 0 Å². The quantitative estimate of drug-likeness (QED) is 0.621. The summed E-state index contributed by atoms with van der Waals surface area (Å²) in [6.07, 6.45) is -0.463. The zero-order chi connectivity index (χ0) is 16.0. The number of rotatable bonds is 6.